The molecule has 1 N–H and O–H groups in total. The van der Waals surface area contributed by atoms with Crippen LogP contribution < -0.4 is 5.32 Å². The fraction of sp³-hybridized carbons (Fsp3) is 0.300. The maximum absolute atomic E-state index is 12.0. The van der Waals surface area contributed by atoms with Crippen LogP contribution in [0.2, 0.25) is 0 Å². The van der Waals surface area contributed by atoms with Crippen molar-refractivity contribution in [1.82, 2.24) is 15.2 Å². The maximum Gasteiger partial charge on any atom is 0.405 e. The Hall–Kier alpha value is -0.870. The zero-order valence-corrected chi connectivity index (χ0v) is 13.0. The number of nitrogens with one attached hydrogen (secondary N) is 1. The smallest absolute Gasteiger partial charge is 0.351 e. The van der Waals surface area contributed by atoms with Gasteiger partial charge < -0.3 is 5.32 Å². The largest absolute Gasteiger partial charge is 0.405 e. The first-order valence-corrected chi connectivity index (χ1v) is 7.89. The van der Waals surface area contributed by atoms with Crippen LogP contribution in [0.25, 0.3) is 0 Å². The SMILES string of the molecule is FC(F)(F)CNc1nnc(SCc2ccc(Br)cn2)s1. The molecule has 0 aliphatic heterocycles. The van der Waals surface area contributed by atoms with Gasteiger partial charge in [-0.1, -0.05) is 23.1 Å². The molecule has 0 spiro atoms. The Labute approximate surface area is 129 Å². The van der Waals surface area contributed by atoms with E-state index < -0.39 is 12.7 Å². The van der Waals surface area contributed by atoms with Gasteiger partial charge in [-0.25, -0.2) is 0 Å². The lowest BCUT2D eigenvalue weighted by atomic mass is 10.4. The van der Waals surface area contributed by atoms with E-state index in [2.05, 4.69) is 36.4 Å². The summed E-state index contributed by atoms with van der Waals surface area (Å²) in [5.74, 6) is 0.585. The van der Waals surface area contributed by atoms with Crippen molar-refractivity contribution < 1.29 is 13.2 Å². The van der Waals surface area contributed by atoms with Crippen LogP contribution in [0.3, 0.4) is 0 Å². The molecule has 2 aromatic rings. The number of halogens is 4. The van der Waals surface area contributed by atoms with Crippen molar-refractivity contribution in [2.75, 3.05) is 11.9 Å². The third-order valence-corrected chi connectivity index (χ3v) is 4.50. The normalized spacial score (nSPS) is 11.6. The number of hydrogen-bond donors (Lipinski definition) is 1. The summed E-state index contributed by atoms with van der Waals surface area (Å²) in [5, 5.41) is 9.82. The molecule has 4 nitrogen and oxygen atoms in total. The highest BCUT2D eigenvalue weighted by Crippen LogP contribution is 2.28. The van der Waals surface area contributed by atoms with Crippen LogP contribution in [0, 0.1) is 0 Å². The van der Waals surface area contributed by atoms with Crippen molar-refractivity contribution in [2.45, 2.75) is 16.3 Å². The Morgan fingerprint density at radius 1 is 1.30 bits per heavy atom. The first-order chi connectivity index (χ1) is 9.42. The predicted octanol–water partition coefficient (Wildman–Crippen LogP) is 3.96. The highest BCUT2D eigenvalue weighted by Gasteiger charge is 2.27. The van der Waals surface area contributed by atoms with Gasteiger partial charge in [0, 0.05) is 16.4 Å². The second-order valence-corrected chi connectivity index (χ2v) is 6.71. The van der Waals surface area contributed by atoms with Gasteiger partial charge in [0.1, 0.15) is 6.54 Å². The molecule has 0 saturated carbocycles. The number of nitrogens with zero attached hydrogens (tertiary/aromatic N) is 3. The lowest BCUT2D eigenvalue weighted by Crippen LogP contribution is -2.21. The Balaban J connectivity index is 1.85. The van der Waals surface area contributed by atoms with E-state index in [1.165, 1.54) is 11.8 Å². The van der Waals surface area contributed by atoms with Crippen LogP contribution in [0.1, 0.15) is 5.69 Å². The molecule has 0 aliphatic carbocycles. The zero-order valence-electron chi connectivity index (χ0n) is 9.82. The lowest BCUT2D eigenvalue weighted by Gasteiger charge is -2.05. The summed E-state index contributed by atoms with van der Waals surface area (Å²) in [6, 6.07) is 3.74. The Morgan fingerprint density at radius 2 is 2.10 bits per heavy atom. The zero-order chi connectivity index (χ0) is 14.6. The van der Waals surface area contributed by atoms with Gasteiger partial charge in [0.15, 0.2) is 4.34 Å². The molecule has 0 bridgehead atoms. The van der Waals surface area contributed by atoms with Gasteiger partial charge in [-0.15, -0.1) is 10.2 Å². The average molecular weight is 385 g/mol. The maximum atomic E-state index is 12.0. The Morgan fingerprint density at radius 3 is 2.75 bits per heavy atom. The molecular weight excluding hydrogens is 377 g/mol. The summed E-state index contributed by atoms with van der Waals surface area (Å²) in [6.45, 7) is -1.11. The monoisotopic (exact) mass is 384 g/mol. The molecule has 0 amide bonds. The van der Waals surface area contributed by atoms with E-state index in [1.807, 2.05) is 12.1 Å². The minimum absolute atomic E-state index is 0.161. The number of pyridine rings is 1. The van der Waals surface area contributed by atoms with Crippen LogP contribution in [-0.4, -0.2) is 27.9 Å². The van der Waals surface area contributed by atoms with Gasteiger partial charge in [-0.2, -0.15) is 13.2 Å². The molecule has 0 aliphatic rings. The van der Waals surface area contributed by atoms with Gasteiger partial charge >= 0.3 is 6.18 Å². The van der Waals surface area contributed by atoms with Gasteiger partial charge in [-0.3, -0.25) is 4.98 Å². The molecule has 2 aromatic heterocycles. The molecule has 20 heavy (non-hydrogen) atoms. The van der Waals surface area contributed by atoms with E-state index in [0.717, 1.165) is 21.5 Å². The molecular formula is C10H8BrF3N4S2. The lowest BCUT2D eigenvalue weighted by molar-refractivity contribution is -0.115. The van der Waals surface area contributed by atoms with Gasteiger partial charge in [0.25, 0.3) is 0 Å². The third-order valence-electron chi connectivity index (χ3n) is 1.98. The fourth-order valence-electron chi connectivity index (χ4n) is 1.14. The summed E-state index contributed by atoms with van der Waals surface area (Å²) in [4.78, 5) is 4.19. The van der Waals surface area contributed by atoms with Crippen LogP contribution in [-0.2, 0) is 5.75 Å². The van der Waals surface area contributed by atoms with Crippen molar-refractivity contribution >= 4 is 44.2 Å². The van der Waals surface area contributed by atoms with E-state index >= 15 is 0 Å². The first kappa shape index (κ1) is 15.5. The summed E-state index contributed by atoms with van der Waals surface area (Å²) >= 11 is 5.76. The van der Waals surface area contributed by atoms with Gasteiger partial charge in [-0.05, 0) is 28.1 Å². The minimum Gasteiger partial charge on any atom is -0.351 e. The standard InChI is InChI=1S/C10H8BrF3N4S2/c11-6-1-2-7(15-3-6)4-19-9-18-17-8(20-9)16-5-10(12,13)14/h1-3H,4-5H2,(H,16,17). The molecule has 108 valence electrons. The Bertz CT molecular complexity index is 558. The molecule has 0 unspecified atom stereocenters. The summed E-state index contributed by atoms with van der Waals surface area (Å²) in [6.07, 6.45) is -2.58. The number of rotatable bonds is 5. The molecule has 0 fully saturated rings. The van der Waals surface area contributed by atoms with Crippen LogP contribution in [0.5, 0.6) is 0 Å². The van der Waals surface area contributed by atoms with Crippen molar-refractivity contribution in [3.63, 3.8) is 0 Å². The Kier molecular flexibility index (Phi) is 5.22. The molecule has 0 saturated heterocycles. The molecule has 0 aromatic carbocycles. The molecule has 10 heteroatoms. The number of thioether (sulfide) groups is 1. The molecule has 0 atom stereocenters. The van der Waals surface area contributed by atoms with Crippen LogP contribution in [0.15, 0.2) is 27.1 Å². The van der Waals surface area contributed by atoms with E-state index in [0.29, 0.717) is 10.1 Å². The van der Waals surface area contributed by atoms with Crippen LogP contribution in [0.4, 0.5) is 18.3 Å². The molecule has 2 rings (SSSR count). The highest BCUT2D eigenvalue weighted by molar-refractivity contribution is 9.10. The number of alkyl halides is 3. The summed E-state index contributed by atoms with van der Waals surface area (Å²) < 4.78 is 37.6. The fourth-order valence-corrected chi connectivity index (χ4v) is 3.04. The van der Waals surface area contributed by atoms with E-state index in [-0.39, 0.29) is 5.13 Å². The highest BCUT2D eigenvalue weighted by atomic mass is 79.9. The van der Waals surface area contributed by atoms with Crippen LogP contribution >= 0.6 is 39.0 Å². The van der Waals surface area contributed by atoms with E-state index in [4.69, 9.17) is 0 Å². The van der Waals surface area contributed by atoms with Crippen molar-refractivity contribution in [3.05, 3.63) is 28.5 Å². The second kappa shape index (κ2) is 6.72. The number of aromatic nitrogens is 3. The molecule has 2 heterocycles. The van der Waals surface area contributed by atoms with Gasteiger partial charge in [0.2, 0.25) is 5.13 Å². The van der Waals surface area contributed by atoms with Crippen molar-refractivity contribution in [1.29, 1.82) is 0 Å². The number of anilines is 1. The minimum atomic E-state index is -4.26. The van der Waals surface area contributed by atoms with E-state index in [9.17, 15) is 13.2 Å². The van der Waals surface area contributed by atoms with E-state index in [1.54, 1.807) is 6.20 Å². The first-order valence-electron chi connectivity index (χ1n) is 5.30. The summed E-state index contributed by atoms with van der Waals surface area (Å²) in [7, 11) is 0. The van der Waals surface area contributed by atoms with Crippen molar-refractivity contribution in [3.8, 4) is 0 Å². The molecule has 0 radical (unpaired) electrons. The summed E-state index contributed by atoms with van der Waals surface area (Å²) in [5.41, 5.74) is 0.859. The topological polar surface area (TPSA) is 50.7 Å². The number of hydrogen-bond acceptors (Lipinski definition) is 6. The van der Waals surface area contributed by atoms with Crippen molar-refractivity contribution in [2.24, 2.45) is 0 Å². The second-order valence-electron chi connectivity index (χ2n) is 3.60. The third kappa shape index (κ3) is 5.25. The average Bonchev–Trinajstić information content (AvgIpc) is 2.83. The predicted molar refractivity (Wildman–Crippen MR) is 76.0 cm³/mol. The van der Waals surface area contributed by atoms with Gasteiger partial charge in [0.05, 0.1) is 5.69 Å². The quantitative estimate of drug-likeness (QED) is 0.790.